The lowest BCUT2D eigenvalue weighted by Gasteiger charge is -2.18. The Kier molecular flexibility index (Phi) is 25.0. The minimum absolute atomic E-state index is 0.0362. The number of hydrogen-bond acceptors (Lipinski definition) is 12. The number of rotatable bonds is 29. The fourth-order valence-corrected chi connectivity index (χ4v) is 6.32. The van der Waals surface area contributed by atoms with Gasteiger partial charge in [-0.15, -0.1) is 0 Å². The van der Waals surface area contributed by atoms with Crippen LogP contribution < -0.4 is 31.9 Å². The zero-order valence-corrected chi connectivity index (χ0v) is 36.4. The molecule has 1 aromatic carbocycles. The molecular weight excluding hydrogens is 948 g/mol. The molecule has 1 aromatic rings. The van der Waals surface area contributed by atoms with Crippen molar-refractivity contribution in [3.05, 3.63) is 34.9 Å². The van der Waals surface area contributed by atoms with Crippen molar-refractivity contribution >= 4 is 108 Å². The van der Waals surface area contributed by atoms with E-state index in [1.807, 2.05) is 6.07 Å². The summed E-state index contributed by atoms with van der Waals surface area (Å²) in [5.41, 5.74) is 2.24. The number of aliphatic carboxylic acids is 4. The Morgan fingerprint density at radius 1 is 0.517 bits per heavy atom. The minimum atomic E-state index is -1.65. The van der Waals surface area contributed by atoms with Crippen LogP contribution in [0.2, 0.25) is 0 Å². The summed E-state index contributed by atoms with van der Waals surface area (Å²) in [6.45, 7) is 1.41. The number of alkyl halides is 2. The number of carboxylic acid groups (broad SMARTS) is 4. The largest absolute Gasteiger partial charge is 0.480 e. The van der Waals surface area contributed by atoms with Gasteiger partial charge in [-0.25, -0.2) is 19.2 Å². The van der Waals surface area contributed by atoms with E-state index in [2.05, 4.69) is 63.8 Å². The molecule has 0 fully saturated rings. The molecule has 3 unspecified atom stereocenters. The molecule has 0 aliphatic carbocycles. The second-order valence-corrected chi connectivity index (χ2v) is 15.4. The number of nitrogens with one attached hydrogen (secondary N) is 6. The van der Waals surface area contributed by atoms with Crippen LogP contribution in [0.25, 0.3) is 0 Å². The lowest BCUT2D eigenvalue weighted by Crippen LogP contribution is -2.45. The maximum atomic E-state index is 12.5. The quantitative estimate of drug-likeness (QED) is 0.0383. The molecule has 0 bridgehead atoms. The zero-order chi connectivity index (χ0) is 45.4. The third-order valence-electron chi connectivity index (χ3n) is 8.16. The van der Waals surface area contributed by atoms with E-state index >= 15 is 0 Å². The molecule has 0 saturated carbocycles. The number of thioether (sulfide) groups is 1. The summed E-state index contributed by atoms with van der Waals surface area (Å²) >= 11 is 7.58. The second kappa shape index (κ2) is 28.4. The van der Waals surface area contributed by atoms with Crippen molar-refractivity contribution in [1.82, 2.24) is 31.9 Å². The summed E-state index contributed by atoms with van der Waals surface area (Å²) in [4.78, 5) is 132. The first-order valence-electron chi connectivity index (χ1n) is 18.3. The lowest BCUT2D eigenvalue weighted by atomic mass is 10.1. The zero-order valence-electron chi connectivity index (χ0n) is 32.4. The van der Waals surface area contributed by atoms with E-state index in [1.54, 1.807) is 12.1 Å². The summed E-state index contributed by atoms with van der Waals surface area (Å²) in [5.74, 6) is -10.3. The van der Waals surface area contributed by atoms with Gasteiger partial charge in [-0.3, -0.25) is 33.6 Å². The van der Waals surface area contributed by atoms with Gasteiger partial charge in [-0.2, -0.15) is 0 Å². The first-order valence-corrected chi connectivity index (χ1v) is 21.5. The summed E-state index contributed by atoms with van der Waals surface area (Å²) < 4.78 is 0. The smallest absolute Gasteiger partial charge is 0.326 e. The molecule has 60 heavy (non-hydrogen) atoms. The number of amides is 6. The maximum Gasteiger partial charge on any atom is 0.326 e. The van der Waals surface area contributed by atoms with E-state index in [0.29, 0.717) is 16.2 Å². The average molecular weight is 997 g/mol. The van der Waals surface area contributed by atoms with Crippen LogP contribution in [0.3, 0.4) is 0 Å². The fraction of sp³-hybridized carbons (Fsp3) is 0.528. The molecule has 332 valence electrons. The van der Waals surface area contributed by atoms with Gasteiger partial charge in [0.1, 0.15) is 24.2 Å². The van der Waals surface area contributed by atoms with Crippen LogP contribution in [0.15, 0.2) is 18.2 Å². The van der Waals surface area contributed by atoms with Gasteiger partial charge in [0.25, 0.3) is 5.91 Å². The summed E-state index contributed by atoms with van der Waals surface area (Å²) in [5, 5.41) is 52.8. The van der Waals surface area contributed by atoms with Crippen LogP contribution in [0, 0.1) is 0 Å². The number of hydrogen-bond donors (Lipinski definition) is 10. The molecule has 0 saturated heterocycles. The fourth-order valence-electron chi connectivity index (χ4n) is 5.10. The van der Waals surface area contributed by atoms with Crippen molar-refractivity contribution in [2.75, 3.05) is 18.8 Å². The highest BCUT2D eigenvalue weighted by Gasteiger charge is 2.27. The molecule has 0 radical (unpaired) electrons. The Labute approximate surface area is 364 Å². The Morgan fingerprint density at radius 2 is 0.850 bits per heavy atom. The average Bonchev–Trinajstić information content (AvgIpc) is 3.18. The third kappa shape index (κ3) is 22.3. The molecule has 0 heterocycles. The predicted octanol–water partition coefficient (Wildman–Crippen LogP) is 0.391. The Hall–Kier alpha value is -5.10. The molecule has 1 rings (SSSR count). The van der Waals surface area contributed by atoms with Crippen LogP contribution in [0.5, 0.6) is 0 Å². The SMILES string of the molecule is CC(=O)SCCC(=O)NC(CCC(=O)NC(CCC(=O)NC(CCC(=O)N[C@@H](CCC(=O)NCCNC(=O)c1cc(CBr)cc(CBr)c1)C(=O)O)C(=O)O)C(=O)O)C(=O)O. The van der Waals surface area contributed by atoms with E-state index in [-0.39, 0.29) is 49.1 Å². The first kappa shape index (κ1) is 52.9. The van der Waals surface area contributed by atoms with Gasteiger partial charge in [0.15, 0.2) is 5.12 Å². The highest BCUT2D eigenvalue weighted by Crippen LogP contribution is 2.16. The molecule has 4 atom stereocenters. The standard InChI is InChI=1S/C36H48Br2N6O15S/c1-19(45)60-13-10-31(50)44-26(36(58)59)5-9-30(49)43-25(35(56)57)4-8-29(48)42-24(34(54)55)3-7-28(47)41-23(33(52)53)2-6-27(46)39-11-12-40-32(51)22-15-20(17-37)14-21(16-22)18-38/h14-16,23-26H,2-13,17-18H2,1H3,(H,39,46)(H,40,51)(H,41,47)(H,42,48)(H,43,49)(H,44,50)(H,52,53)(H,54,55)(H,56,57)(H,58,59)/t23-,24?,25?,26?/m0/s1. The van der Waals surface area contributed by atoms with Gasteiger partial charge < -0.3 is 52.3 Å². The Bertz CT molecular complexity index is 1730. The summed E-state index contributed by atoms with van der Waals surface area (Å²) in [6.07, 6.45) is -3.92. The van der Waals surface area contributed by atoms with Crippen molar-refractivity contribution in [3.8, 4) is 0 Å². The Morgan fingerprint density at radius 3 is 1.18 bits per heavy atom. The number of carbonyl (C=O) groups is 11. The van der Waals surface area contributed by atoms with Crippen LogP contribution >= 0.6 is 43.6 Å². The van der Waals surface area contributed by atoms with Gasteiger partial charge in [-0.05, 0) is 48.9 Å². The number of benzene rings is 1. The monoisotopic (exact) mass is 994 g/mol. The Balaban J connectivity index is 2.55. The van der Waals surface area contributed by atoms with Crippen LogP contribution in [0.1, 0.15) is 86.2 Å². The van der Waals surface area contributed by atoms with E-state index in [1.165, 1.54) is 6.92 Å². The van der Waals surface area contributed by atoms with Crippen molar-refractivity contribution in [3.63, 3.8) is 0 Å². The highest BCUT2D eigenvalue weighted by atomic mass is 79.9. The molecular formula is C36H48Br2N6O15S. The molecule has 0 aromatic heterocycles. The second-order valence-electron chi connectivity index (χ2n) is 13.0. The molecule has 0 spiro atoms. The van der Waals surface area contributed by atoms with E-state index < -0.39 is 116 Å². The van der Waals surface area contributed by atoms with Gasteiger partial charge in [0, 0.05) is 74.1 Å². The number of carboxylic acids is 4. The van der Waals surface area contributed by atoms with E-state index in [9.17, 15) is 73.2 Å². The van der Waals surface area contributed by atoms with Crippen LogP contribution in [0.4, 0.5) is 0 Å². The van der Waals surface area contributed by atoms with Crippen molar-refractivity contribution < 1.29 is 73.2 Å². The number of carbonyl (C=O) groups excluding carboxylic acids is 7. The summed E-state index contributed by atoms with van der Waals surface area (Å²) in [6, 6.07) is -0.934. The maximum absolute atomic E-state index is 12.5. The molecule has 10 N–H and O–H groups in total. The van der Waals surface area contributed by atoms with Crippen LogP contribution in [-0.2, 0) is 58.6 Å². The van der Waals surface area contributed by atoms with E-state index in [0.717, 1.165) is 22.9 Å². The normalized spacial score (nSPS) is 12.7. The molecule has 0 aliphatic heterocycles. The topological polar surface area (TPSA) is 341 Å². The van der Waals surface area contributed by atoms with Crippen molar-refractivity contribution in [1.29, 1.82) is 0 Å². The van der Waals surface area contributed by atoms with Gasteiger partial charge in [-0.1, -0.05) is 49.7 Å². The van der Waals surface area contributed by atoms with Crippen molar-refractivity contribution in [2.24, 2.45) is 0 Å². The first-order chi connectivity index (χ1) is 28.2. The number of halogens is 2. The minimum Gasteiger partial charge on any atom is -0.480 e. The predicted molar refractivity (Wildman–Crippen MR) is 220 cm³/mol. The third-order valence-corrected chi connectivity index (χ3v) is 10.3. The van der Waals surface area contributed by atoms with Crippen LogP contribution in [-0.4, -0.2) is 128 Å². The van der Waals surface area contributed by atoms with Gasteiger partial charge in [0.05, 0.1) is 0 Å². The summed E-state index contributed by atoms with van der Waals surface area (Å²) in [7, 11) is 0. The van der Waals surface area contributed by atoms with Crippen molar-refractivity contribution in [2.45, 2.75) is 99.5 Å². The molecule has 21 nitrogen and oxygen atoms in total. The van der Waals surface area contributed by atoms with Gasteiger partial charge in [0.2, 0.25) is 29.5 Å². The van der Waals surface area contributed by atoms with Gasteiger partial charge >= 0.3 is 23.9 Å². The molecule has 24 heteroatoms. The lowest BCUT2D eigenvalue weighted by molar-refractivity contribution is -0.144. The molecule has 0 aliphatic rings. The highest BCUT2D eigenvalue weighted by molar-refractivity contribution is 9.08. The van der Waals surface area contributed by atoms with E-state index in [4.69, 9.17) is 0 Å². The molecule has 6 amide bonds.